The van der Waals surface area contributed by atoms with Crippen LogP contribution in [-0.2, 0) is 10.0 Å². The quantitative estimate of drug-likeness (QED) is 0.252. The van der Waals surface area contributed by atoms with Crippen molar-refractivity contribution in [1.29, 1.82) is 0 Å². The summed E-state index contributed by atoms with van der Waals surface area (Å²) in [4.78, 5) is 42.2. The van der Waals surface area contributed by atoms with E-state index in [-0.39, 0.29) is 38.6 Å². The lowest BCUT2D eigenvalue weighted by Gasteiger charge is -2.09. The second-order valence-corrected chi connectivity index (χ2v) is 8.88. The molecular weight excluding hydrogens is 448 g/mol. The zero-order chi connectivity index (χ0) is 23.8. The molecule has 0 amide bonds. The lowest BCUT2D eigenvalue weighted by Crippen LogP contribution is -2.17. The molecule has 4 rings (SSSR count). The Morgan fingerprint density at radius 1 is 1.06 bits per heavy atom. The van der Waals surface area contributed by atoms with Crippen molar-refractivity contribution >= 4 is 38.1 Å². The van der Waals surface area contributed by atoms with Crippen LogP contribution in [0.5, 0.6) is 0 Å². The molecule has 0 aliphatic heterocycles. The number of hydrogen-bond acceptors (Lipinski definition) is 7. The van der Waals surface area contributed by atoms with Gasteiger partial charge in [0, 0.05) is 23.4 Å². The number of benzene rings is 3. The maximum absolute atomic E-state index is 12.7. The number of anilines is 1. The van der Waals surface area contributed by atoms with Crippen molar-refractivity contribution in [3.05, 3.63) is 104 Å². The van der Waals surface area contributed by atoms with Crippen molar-refractivity contribution in [1.82, 2.24) is 9.97 Å². The average molecular weight is 464 g/mol. The number of fused-ring (bicyclic) bond motifs is 1. The van der Waals surface area contributed by atoms with Crippen molar-refractivity contribution in [3.63, 3.8) is 0 Å². The molecule has 33 heavy (non-hydrogen) atoms. The molecule has 11 heteroatoms. The van der Waals surface area contributed by atoms with Gasteiger partial charge >= 0.3 is 0 Å². The number of ketones is 1. The van der Waals surface area contributed by atoms with Crippen molar-refractivity contribution in [2.75, 3.05) is 4.72 Å². The lowest BCUT2D eigenvalue weighted by atomic mass is 10.1. The predicted octanol–water partition coefficient (Wildman–Crippen LogP) is 3.17. The number of carbonyl (C=O) groups is 1. The fourth-order valence-corrected chi connectivity index (χ4v) is 4.19. The summed E-state index contributed by atoms with van der Waals surface area (Å²) in [6.45, 7) is 1.84. The lowest BCUT2D eigenvalue weighted by molar-refractivity contribution is -0.384. The molecule has 0 fully saturated rings. The van der Waals surface area contributed by atoms with Gasteiger partial charge in [-0.05, 0) is 37.3 Å². The number of hydrogen-bond donors (Lipinski definition) is 2. The molecule has 3 aromatic carbocycles. The van der Waals surface area contributed by atoms with Gasteiger partial charge in [-0.15, -0.1) is 0 Å². The Morgan fingerprint density at radius 2 is 1.79 bits per heavy atom. The minimum absolute atomic E-state index is 0.00539. The Balaban J connectivity index is 1.67. The molecule has 0 radical (unpaired) electrons. The number of aryl methyl sites for hydroxylation is 1. The van der Waals surface area contributed by atoms with Gasteiger partial charge in [-0.3, -0.25) is 24.4 Å². The van der Waals surface area contributed by atoms with Gasteiger partial charge in [-0.2, -0.15) is 0 Å². The Bertz CT molecular complexity index is 1580. The molecular formula is C22H16N4O6S. The van der Waals surface area contributed by atoms with Crippen LogP contribution in [0, 0.1) is 17.0 Å². The summed E-state index contributed by atoms with van der Waals surface area (Å²) < 4.78 is 27.6. The van der Waals surface area contributed by atoms with Gasteiger partial charge in [0.15, 0.2) is 5.82 Å². The number of nitrogens with zero attached hydrogens (tertiary/aromatic N) is 2. The Morgan fingerprint density at radius 3 is 2.48 bits per heavy atom. The smallest absolute Gasteiger partial charge is 0.270 e. The molecule has 4 aromatic rings. The normalized spacial score (nSPS) is 11.3. The molecule has 0 spiro atoms. The zero-order valence-corrected chi connectivity index (χ0v) is 17.9. The van der Waals surface area contributed by atoms with E-state index in [1.165, 1.54) is 48.5 Å². The fourth-order valence-electron chi connectivity index (χ4n) is 3.14. The molecule has 1 heterocycles. The van der Waals surface area contributed by atoms with E-state index in [0.29, 0.717) is 0 Å². The van der Waals surface area contributed by atoms with Crippen molar-refractivity contribution in [2.24, 2.45) is 0 Å². The Kier molecular flexibility index (Phi) is 5.48. The molecule has 0 aliphatic rings. The largest absolute Gasteiger partial charge is 0.303 e. The summed E-state index contributed by atoms with van der Waals surface area (Å²) in [7, 11) is -3.87. The maximum atomic E-state index is 12.7. The summed E-state index contributed by atoms with van der Waals surface area (Å²) in [5.41, 5.74) is 0.278. The first kappa shape index (κ1) is 21.8. The molecule has 166 valence electrons. The second kappa shape index (κ2) is 8.28. The zero-order valence-electron chi connectivity index (χ0n) is 17.1. The number of nitro groups is 1. The number of carbonyl (C=O) groups excluding carboxylic acids is 1. The van der Waals surface area contributed by atoms with Gasteiger partial charge in [0.1, 0.15) is 0 Å². The molecule has 0 aliphatic carbocycles. The average Bonchev–Trinajstić information content (AvgIpc) is 2.79. The van der Waals surface area contributed by atoms with Crippen molar-refractivity contribution in [2.45, 2.75) is 11.8 Å². The van der Waals surface area contributed by atoms with Gasteiger partial charge < -0.3 is 4.98 Å². The first-order valence-electron chi connectivity index (χ1n) is 9.57. The monoisotopic (exact) mass is 464 g/mol. The van der Waals surface area contributed by atoms with Crippen LogP contribution in [-0.4, -0.2) is 29.1 Å². The third-order valence-electron chi connectivity index (χ3n) is 4.82. The highest BCUT2D eigenvalue weighted by molar-refractivity contribution is 7.92. The van der Waals surface area contributed by atoms with Gasteiger partial charge in [-0.1, -0.05) is 29.8 Å². The molecule has 0 saturated carbocycles. The first-order valence-corrected chi connectivity index (χ1v) is 11.0. The number of nitrogens with one attached hydrogen (secondary N) is 2. The number of aromatic amines is 1. The number of non-ortho nitro benzene ring substituents is 1. The van der Waals surface area contributed by atoms with Crippen LogP contribution in [0.4, 0.5) is 11.4 Å². The van der Waals surface area contributed by atoms with E-state index in [9.17, 15) is 28.1 Å². The molecule has 0 atom stereocenters. The number of nitro benzene ring substituents is 1. The molecule has 0 bridgehead atoms. The second-order valence-electron chi connectivity index (χ2n) is 7.20. The van der Waals surface area contributed by atoms with E-state index in [1.807, 2.05) is 6.92 Å². The first-order chi connectivity index (χ1) is 15.6. The highest BCUT2D eigenvalue weighted by Gasteiger charge is 2.18. The summed E-state index contributed by atoms with van der Waals surface area (Å²) >= 11 is 0. The van der Waals surface area contributed by atoms with E-state index in [0.717, 1.165) is 11.6 Å². The van der Waals surface area contributed by atoms with Crippen LogP contribution in [0.3, 0.4) is 0 Å². The number of H-pyrrole nitrogens is 1. The van der Waals surface area contributed by atoms with E-state index < -0.39 is 26.3 Å². The van der Waals surface area contributed by atoms with E-state index in [2.05, 4.69) is 14.7 Å². The van der Waals surface area contributed by atoms with E-state index >= 15 is 0 Å². The third-order valence-corrected chi connectivity index (χ3v) is 6.22. The Hall–Kier alpha value is -4.38. The van der Waals surface area contributed by atoms with Crippen LogP contribution < -0.4 is 10.3 Å². The SMILES string of the molecule is Cc1ccc(S(=O)(=O)Nc2ccc3nc(C(=O)c4cccc([N+](=O)[O-])c4)[nH]c(=O)c3c2)cc1. The summed E-state index contributed by atoms with van der Waals surface area (Å²) in [6, 6.07) is 15.5. The molecule has 0 unspecified atom stereocenters. The van der Waals surface area contributed by atoms with Crippen LogP contribution in [0.2, 0.25) is 0 Å². The highest BCUT2D eigenvalue weighted by Crippen LogP contribution is 2.20. The molecule has 0 saturated heterocycles. The van der Waals surface area contributed by atoms with Crippen LogP contribution in [0.25, 0.3) is 10.9 Å². The topological polar surface area (TPSA) is 152 Å². The van der Waals surface area contributed by atoms with Crippen molar-refractivity contribution < 1.29 is 18.1 Å². The predicted molar refractivity (Wildman–Crippen MR) is 121 cm³/mol. The number of aromatic nitrogens is 2. The molecule has 10 nitrogen and oxygen atoms in total. The minimum Gasteiger partial charge on any atom is -0.303 e. The maximum Gasteiger partial charge on any atom is 0.270 e. The standard InChI is InChI=1S/C22H16N4O6S/c1-13-5-8-17(9-6-13)33(31,32)25-15-7-10-19-18(12-15)22(28)24-21(23-19)20(27)14-3-2-4-16(11-14)26(29)30/h2-12,25H,1H3,(H,23,24,28). The van der Waals surface area contributed by atoms with E-state index in [4.69, 9.17) is 0 Å². The van der Waals surface area contributed by atoms with E-state index in [1.54, 1.807) is 12.1 Å². The van der Waals surface area contributed by atoms with Gasteiger partial charge in [0.05, 0.1) is 20.7 Å². The van der Waals surface area contributed by atoms with Crippen LogP contribution in [0.15, 0.2) is 76.4 Å². The number of rotatable bonds is 6. The highest BCUT2D eigenvalue weighted by atomic mass is 32.2. The van der Waals surface area contributed by atoms with Gasteiger partial charge in [0.25, 0.3) is 21.3 Å². The summed E-state index contributed by atoms with van der Waals surface area (Å²) in [5, 5.41) is 11.0. The van der Waals surface area contributed by atoms with Gasteiger partial charge in [-0.25, -0.2) is 13.4 Å². The van der Waals surface area contributed by atoms with Gasteiger partial charge in [0.2, 0.25) is 5.78 Å². The molecule has 2 N–H and O–H groups in total. The third kappa shape index (κ3) is 4.48. The van der Waals surface area contributed by atoms with Crippen molar-refractivity contribution in [3.8, 4) is 0 Å². The summed E-state index contributed by atoms with van der Waals surface area (Å²) in [6.07, 6.45) is 0. The minimum atomic E-state index is -3.87. The molecule has 1 aromatic heterocycles. The fraction of sp³-hybridized carbons (Fsp3) is 0.0455. The Labute approximate surface area is 187 Å². The van der Waals surface area contributed by atoms with Crippen LogP contribution >= 0.6 is 0 Å². The summed E-state index contributed by atoms with van der Waals surface area (Å²) in [5.74, 6) is -0.983. The number of sulfonamides is 1. The van der Waals surface area contributed by atoms with Crippen LogP contribution in [0.1, 0.15) is 21.7 Å².